The van der Waals surface area contributed by atoms with Crippen LogP contribution in [0.15, 0.2) is 36.0 Å². The molecule has 0 aliphatic rings. The van der Waals surface area contributed by atoms with E-state index in [0.29, 0.717) is 24.7 Å². The first-order valence-electron chi connectivity index (χ1n) is 5.76. The minimum Gasteiger partial charge on any atom is -0.490 e. The molecule has 1 rings (SSSR count). The van der Waals surface area contributed by atoms with E-state index in [9.17, 15) is 0 Å². The van der Waals surface area contributed by atoms with Gasteiger partial charge in [-0.05, 0) is 42.9 Å². The van der Waals surface area contributed by atoms with Gasteiger partial charge >= 0.3 is 0 Å². The van der Waals surface area contributed by atoms with Crippen LogP contribution >= 0.6 is 12.2 Å². The van der Waals surface area contributed by atoms with Crippen LogP contribution in [0, 0.1) is 0 Å². The molecule has 0 saturated carbocycles. The van der Waals surface area contributed by atoms with E-state index in [1.54, 1.807) is 12.3 Å². The van der Waals surface area contributed by atoms with E-state index in [2.05, 4.69) is 29.3 Å². The van der Waals surface area contributed by atoms with Crippen LogP contribution in [0.25, 0.3) is 0 Å². The third-order valence-electron chi connectivity index (χ3n) is 2.01. The Morgan fingerprint density at radius 3 is 2.89 bits per heavy atom. The van der Waals surface area contributed by atoms with Crippen LogP contribution in [0.3, 0.4) is 0 Å². The van der Waals surface area contributed by atoms with Gasteiger partial charge in [0, 0.05) is 0 Å². The van der Waals surface area contributed by atoms with Crippen LogP contribution in [-0.4, -0.2) is 24.5 Å². The van der Waals surface area contributed by atoms with Crippen molar-refractivity contribution in [1.82, 2.24) is 5.43 Å². The topological polar surface area (TPSA) is 68.9 Å². The van der Waals surface area contributed by atoms with E-state index in [-0.39, 0.29) is 5.11 Å². The molecule has 1 aromatic rings. The molecule has 0 fully saturated rings. The minimum absolute atomic E-state index is 0.118. The lowest BCUT2D eigenvalue weighted by Gasteiger charge is -2.11. The van der Waals surface area contributed by atoms with Crippen molar-refractivity contribution in [3.8, 4) is 11.5 Å². The third-order valence-corrected chi connectivity index (χ3v) is 2.10. The van der Waals surface area contributed by atoms with Gasteiger partial charge in [-0.1, -0.05) is 12.7 Å². The van der Waals surface area contributed by atoms with Gasteiger partial charge in [0.25, 0.3) is 0 Å². The monoisotopic (exact) mass is 279 g/mol. The van der Waals surface area contributed by atoms with E-state index in [1.165, 1.54) is 0 Å². The maximum Gasteiger partial charge on any atom is 0.184 e. The number of hydrazone groups is 1. The number of nitrogens with two attached hydrogens (primary N) is 1. The molecule has 1 aromatic carbocycles. The van der Waals surface area contributed by atoms with Gasteiger partial charge in [0.1, 0.15) is 6.61 Å². The summed E-state index contributed by atoms with van der Waals surface area (Å²) in [5.41, 5.74) is 8.60. The summed E-state index contributed by atoms with van der Waals surface area (Å²) in [7, 11) is 0. The summed E-state index contributed by atoms with van der Waals surface area (Å²) in [5.74, 6) is 1.32. The Labute approximate surface area is 118 Å². The Morgan fingerprint density at radius 1 is 1.47 bits per heavy atom. The lowest BCUT2D eigenvalue weighted by Crippen LogP contribution is -2.23. The normalized spacial score (nSPS) is 10.2. The first kappa shape index (κ1) is 15.0. The fourth-order valence-corrected chi connectivity index (χ4v) is 1.36. The predicted octanol–water partition coefficient (Wildman–Crippen LogP) is 1.82. The molecule has 0 amide bonds. The van der Waals surface area contributed by atoms with E-state index < -0.39 is 0 Å². The summed E-state index contributed by atoms with van der Waals surface area (Å²) < 4.78 is 11.0. The fourth-order valence-electron chi connectivity index (χ4n) is 1.31. The van der Waals surface area contributed by atoms with E-state index in [0.717, 1.165) is 5.56 Å². The third kappa shape index (κ3) is 5.39. The molecule has 3 N–H and O–H groups in total. The minimum atomic E-state index is 0.118. The van der Waals surface area contributed by atoms with Gasteiger partial charge in [-0.25, -0.2) is 0 Å². The average Bonchev–Trinajstić information content (AvgIpc) is 2.38. The molecule has 102 valence electrons. The molecule has 0 saturated heterocycles. The highest BCUT2D eigenvalue weighted by Crippen LogP contribution is 2.28. The van der Waals surface area contributed by atoms with Crippen LogP contribution < -0.4 is 20.6 Å². The average molecular weight is 279 g/mol. The van der Waals surface area contributed by atoms with Gasteiger partial charge in [0.2, 0.25) is 0 Å². The van der Waals surface area contributed by atoms with Gasteiger partial charge < -0.3 is 15.2 Å². The molecular formula is C13H17N3O2S. The van der Waals surface area contributed by atoms with Crippen LogP contribution in [0.1, 0.15) is 12.5 Å². The van der Waals surface area contributed by atoms with Crippen molar-refractivity contribution >= 4 is 23.5 Å². The van der Waals surface area contributed by atoms with Crippen molar-refractivity contribution in [3.05, 3.63) is 36.4 Å². The number of nitrogens with zero attached hydrogens (tertiary/aromatic N) is 1. The molecule has 0 aliphatic carbocycles. The SMILES string of the molecule is C=CCOc1ccc(/C=N/NC(N)=S)cc1OCC. The van der Waals surface area contributed by atoms with Crippen molar-refractivity contribution in [1.29, 1.82) is 0 Å². The summed E-state index contributed by atoms with van der Waals surface area (Å²) in [6.07, 6.45) is 3.27. The Kier molecular flexibility index (Phi) is 6.38. The molecule has 0 heterocycles. The fraction of sp³-hybridized carbons (Fsp3) is 0.231. The highest BCUT2D eigenvalue weighted by Gasteiger charge is 2.05. The summed E-state index contributed by atoms with van der Waals surface area (Å²) in [4.78, 5) is 0. The maximum absolute atomic E-state index is 5.51. The lowest BCUT2D eigenvalue weighted by molar-refractivity contribution is 0.297. The van der Waals surface area contributed by atoms with Crippen LogP contribution in [0.4, 0.5) is 0 Å². The zero-order valence-corrected chi connectivity index (χ0v) is 11.6. The van der Waals surface area contributed by atoms with Gasteiger partial charge in [0.15, 0.2) is 16.6 Å². The van der Waals surface area contributed by atoms with Crippen LogP contribution in [0.2, 0.25) is 0 Å². The molecule has 0 unspecified atom stereocenters. The zero-order valence-electron chi connectivity index (χ0n) is 10.8. The number of thiocarbonyl (C=S) groups is 1. The Bertz CT molecular complexity index is 475. The first-order chi connectivity index (χ1) is 9.17. The largest absolute Gasteiger partial charge is 0.490 e. The van der Waals surface area contributed by atoms with Gasteiger partial charge in [-0.3, -0.25) is 5.43 Å². The molecular weight excluding hydrogens is 262 g/mol. The molecule has 19 heavy (non-hydrogen) atoms. The number of ether oxygens (including phenoxy) is 2. The molecule has 0 radical (unpaired) electrons. The zero-order chi connectivity index (χ0) is 14.1. The summed E-state index contributed by atoms with van der Waals surface area (Å²) in [6.45, 7) is 6.49. The summed E-state index contributed by atoms with van der Waals surface area (Å²) in [5, 5.41) is 4.00. The molecule has 0 aliphatic heterocycles. The number of nitrogens with one attached hydrogen (secondary N) is 1. The Balaban J connectivity index is 2.84. The first-order valence-corrected chi connectivity index (χ1v) is 6.17. The van der Waals surface area contributed by atoms with E-state index in [4.69, 9.17) is 15.2 Å². The number of benzene rings is 1. The van der Waals surface area contributed by atoms with E-state index in [1.807, 2.05) is 25.1 Å². The maximum atomic E-state index is 5.51. The number of hydrogen-bond acceptors (Lipinski definition) is 4. The van der Waals surface area contributed by atoms with Crippen molar-refractivity contribution < 1.29 is 9.47 Å². The van der Waals surface area contributed by atoms with Crippen LogP contribution in [0.5, 0.6) is 11.5 Å². The molecule has 0 aromatic heterocycles. The van der Waals surface area contributed by atoms with E-state index >= 15 is 0 Å². The molecule has 0 spiro atoms. The number of hydrogen-bond donors (Lipinski definition) is 2. The van der Waals surface area contributed by atoms with Crippen LogP contribution in [-0.2, 0) is 0 Å². The van der Waals surface area contributed by atoms with Crippen molar-refractivity contribution in [3.63, 3.8) is 0 Å². The van der Waals surface area contributed by atoms with Crippen molar-refractivity contribution in [2.75, 3.05) is 13.2 Å². The molecule has 6 heteroatoms. The van der Waals surface area contributed by atoms with Gasteiger partial charge in [0.05, 0.1) is 12.8 Å². The predicted molar refractivity (Wildman–Crippen MR) is 80.8 cm³/mol. The van der Waals surface area contributed by atoms with Crippen molar-refractivity contribution in [2.45, 2.75) is 6.92 Å². The molecule has 0 bridgehead atoms. The molecule has 0 atom stereocenters. The summed E-state index contributed by atoms with van der Waals surface area (Å²) >= 11 is 4.65. The second kappa shape index (κ2) is 8.10. The smallest absolute Gasteiger partial charge is 0.184 e. The highest BCUT2D eigenvalue weighted by atomic mass is 32.1. The quantitative estimate of drug-likeness (QED) is 0.345. The van der Waals surface area contributed by atoms with Gasteiger partial charge in [-0.2, -0.15) is 5.10 Å². The second-order valence-electron chi connectivity index (χ2n) is 3.47. The van der Waals surface area contributed by atoms with Gasteiger partial charge in [-0.15, -0.1) is 0 Å². The Hall–Kier alpha value is -2.08. The number of rotatable bonds is 7. The standard InChI is InChI=1S/C13H17N3O2S/c1-3-7-18-11-6-5-10(8-12(11)17-4-2)9-15-16-13(14)19/h3,5-6,8-9H,1,4,7H2,2H3,(H3,14,16,19)/b15-9+. The van der Waals surface area contributed by atoms with Crippen molar-refractivity contribution in [2.24, 2.45) is 10.8 Å². The highest BCUT2D eigenvalue weighted by molar-refractivity contribution is 7.80. The molecule has 5 nitrogen and oxygen atoms in total. The summed E-state index contributed by atoms with van der Waals surface area (Å²) in [6, 6.07) is 5.50. The second-order valence-corrected chi connectivity index (χ2v) is 3.91. The lowest BCUT2D eigenvalue weighted by atomic mass is 10.2. The Morgan fingerprint density at radius 2 is 2.26 bits per heavy atom.